The number of piperidine rings is 1. The summed E-state index contributed by atoms with van der Waals surface area (Å²) in [6.45, 7) is 2.43. The minimum atomic E-state index is -0.718. The lowest BCUT2D eigenvalue weighted by atomic mass is 9.97. The first-order valence-electron chi connectivity index (χ1n) is 7.91. The molecule has 1 aliphatic rings. The van der Waals surface area contributed by atoms with Crippen molar-refractivity contribution in [2.75, 3.05) is 26.2 Å². The minimum absolute atomic E-state index is 0.0295. The van der Waals surface area contributed by atoms with E-state index in [-0.39, 0.29) is 11.8 Å². The van der Waals surface area contributed by atoms with Gasteiger partial charge in [-0.05, 0) is 44.3 Å². The van der Waals surface area contributed by atoms with E-state index in [0.717, 1.165) is 12.8 Å². The number of amides is 1. The Morgan fingerprint density at radius 2 is 1.86 bits per heavy atom. The molecule has 5 heteroatoms. The van der Waals surface area contributed by atoms with E-state index in [2.05, 4.69) is 17.4 Å². The zero-order valence-corrected chi connectivity index (χ0v) is 12.8. The highest BCUT2D eigenvalue weighted by molar-refractivity contribution is 5.78. The first-order valence-corrected chi connectivity index (χ1v) is 7.91. The van der Waals surface area contributed by atoms with Crippen molar-refractivity contribution in [2.45, 2.75) is 25.7 Å². The number of hydrogen-bond donors (Lipinski definition) is 2. The predicted molar refractivity (Wildman–Crippen MR) is 84.6 cm³/mol. The van der Waals surface area contributed by atoms with Crippen LogP contribution in [0, 0.1) is 5.92 Å². The third-order valence-electron chi connectivity index (χ3n) is 4.11. The Morgan fingerprint density at radius 3 is 2.50 bits per heavy atom. The van der Waals surface area contributed by atoms with Crippen LogP contribution in [0.5, 0.6) is 0 Å². The van der Waals surface area contributed by atoms with E-state index in [1.54, 1.807) is 0 Å². The fourth-order valence-electron chi connectivity index (χ4n) is 2.76. The first kappa shape index (κ1) is 16.5. The molecule has 2 N–H and O–H groups in total. The Hall–Kier alpha value is -1.88. The van der Waals surface area contributed by atoms with Gasteiger partial charge in [-0.15, -0.1) is 0 Å². The van der Waals surface area contributed by atoms with Gasteiger partial charge in [0.25, 0.3) is 0 Å². The molecule has 1 heterocycles. The number of aryl methyl sites for hydroxylation is 1. The molecule has 1 fully saturated rings. The number of rotatable bonds is 7. The van der Waals surface area contributed by atoms with E-state index >= 15 is 0 Å². The molecular weight excluding hydrogens is 280 g/mol. The quantitative estimate of drug-likeness (QED) is 0.750. The van der Waals surface area contributed by atoms with Crippen molar-refractivity contribution in [1.29, 1.82) is 0 Å². The normalized spacial score (nSPS) is 16.4. The molecule has 0 saturated carbocycles. The van der Waals surface area contributed by atoms with Crippen molar-refractivity contribution >= 4 is 11.9 Å². The molecule has 5 nitrogen and oxygen atoms in total. The third kappa shape index (κ3) is 5.48. The van der Waals surface area contributed by atoms with Crippen molar-refractivity contribution in [3.63, 3.8) is 0 Å². The van der Waals surface area contributed by atoms with Crippen LogP contribution in [0.2, 0.25) is 0 Å². The smallest absolute Gasteiger partial charge is 0.306 e. The number of hydrogen-bond acceptors (Lipinski definition) is 3. The molecule has 120 valence electrons. The van der Waals surface area contributed by atoms with Gasteiger partial charge in [0.05, 0.1) is 12.5 Å². The standard InChI is InChI=1S/C17H24N2O3/c20-16(13-19-11-8-15(9-12-19)17(21)22)18-10-4-7-14-5-2-1-3-6-14/h1-3,5-6,15H,4,7-13H2,(H,18,20)(H,21,22). The SMILES string of the molecule is O=C(CN1CCC(C(=O)O)CC1)NCCCc1ccccc1. The van der Waals surface area contributed by atoms with Crippen LogP contribution in [0.3, 0.4) is 0 Å². The van der Waals surface area contributed by atoms with Gasteiger partial charge in [-0.3, -0.25) is 14.5 Å². The summed E-state index contributed by atoms with van der Waals surface area (Å²) in [5.41, 5.74) is 1.28. The average Bonchev–Trinajstić information content (AvgIpc) is 2.53. The molecule has 1 aromatic carbocycles. The molecule has 1 aromatic rings. The molecule has 0 spiro atoms. The van der Waals surface area contributed by atoms with Crippen LogP contribution in [-0.2, 0) is 16.0 Å². The largest absolute Gasteiger partial charge is 0.481 e. The highest BCUT2D eigenvalue weighted by atomic mass is 16.4. The molecule has 0 bridgehead atoms. The topological polar surface area (TPSA) is 69.6 Å². The zero-order valence-electron chi connectivity index (χ0n) is 12.8. The van der Waals surface area contributed by atoms with Gasteiger partial charge in [-0.25, -0.2) is 0 Å². The number of carbonyl (C=O) groups excluding carboxylic acids is 1. The van der Waals surface area contributed by atoms with Crippen molar-refractivity contribution < 1.29 is 14.7 Å². The third-order valence-corrected chi connectivity index (χ3v) is 4.11. The Morgan fingerprint density at radius 1 is 1.18 bits per heavy atom. The molecule has 1 aliphatic heterocycles. The highest BCUT2D eigenvalue weighted by Gasteiger charge is 2.25. The van der Waals surface area contributed by atoms with E-state index < -0.39 is 5.97 Å². The highest BCUT2D eigenvalue weighted by Crippen LogP contribution is 2.16. The van der Waals surface area contributed by atoms with Crippen molar-refractivity contribution in [2.24, 2.45) is 5.92 Å². The van der Waals surface area contributed by atoms with Crippen LogP contribution in [0.4, 0.5) is 0 Å². The van der Waals surface area contributed by atoms with Gasteiger partial charge in [0.2, 0.25) is 5.91 Å². The Kier molecular flexibility index (Phi) is 6.40. The number of carboxylic acid groups (broad SMARTS) is 1. The van der Waals surface area contributed by atoms with Crippen LogP contribution in [0.25, 0.3) is 0 Å². The zero-order chi connectivity index (χ0) is 15.8. The summed E-state index contributed by atoms with van der Waals surface area (Å²) < 4.78 is 0. The number of nitrogens with one attached hydrogen (secondary N) is 1. The van der Waals surface area contributed by atoms with E-state index in [0.29, 0.717) is 39.0 Å². The van der Waals surface area contributed by atoms with E-state index in [1.807, 2.05) is 23.1 Å². The molecule has 0 unspecified atom stereocenters. The van der Waals surface area contributed by atoms with E-state index in [4.69, 9.17) is 5.11 Å². The Balaban J connectivity index is 1.57. The Labute approximate surface area is 131 Å². The average molecular weight is 304 g/mol. The summed E-state index contributed by atoms with van der Waals surface area (Å²) in [7, 11) is 0. The molecule has 0 radical (unpaired) electrons. The second kappa shape index (κ2) is 8.54. The number of benzene rings is 1. The molecule has 2 rings (SSSR count). The van der Waals surface area contributed by atoms with Gasteiger partial charge >= 0.3 is 5.97 Å². The summed E-state index contributed by atoms with van der Waals surface area (Å²) in [6.07, 6.45) is 3.16. The molecule has 0 atom stereocenters. The molecule has 0 aromatic heterocycles. The lowest BCUT2D eigenvalue weighted by Gasteiger charge is -2.29. The number of aliphatic carboxylic acids is 1. The van der Waals surface area contributed by atoms with Crippen molar-refractivity contribution in [3.8, 4) is 0 Å². The van der Waals surface area contributed by atoms with Crippen LogP contribution in [-0.4, -0.2) is 48.1 Å². The van der Waals surface area contributed by atoms with Crippen LogP contribution in [0.15, 0.2) is 30.3 Å². The van der Waals surface area contributed by atoms with Gasteiger partial charge in [-0.2, -0.15) is 0 Å². The summed E-state index contributed by atoms with van der Waals surface area (Å²) in [4.78, 5) is 24.8. The molecule has 1 saturated heterocycles. The Bertz CT molecular complexity index is 482. The number of nitrogens with zero attached hydrogens (tertiary/aromatic N) is 1. The van der Waals surface area contributed by atoms with Crippen molar-refractivity contribution in [1.82, 2.24) is 10.2 Å². The van der Waals surface area contributed by atoms with Crippen LogP contribution < -0.4 is 5.32 Å². The van der Waals surface area contributed by atoms with Gasteiger partial charge < -0.3 is 10.4 Å². The van der Waals surface area contributed by atoms with Gasteiger partial charge in [0, 0.05) is 6.54 Å². The maximum Gasteiger partial charge on any atom is 0.306 e. The monoisotopic (exact) mass is 304 g/mol. The number of carbonyl (C=O) groups is 2. The molecule has 1 amide bonds. The first-order chi connectivity index (χ1) is 10.6. The summed E-state index contributed by atoms with van der Waals surface area (Å²) in [6, 6.07) is 10.2. The van der Waals surface area contributed by atoms with Gasteiger partial charge in [0.15, 0.2) is 0 Å². The van der Waals surface area contributed by atoms with Gasteiger partial charge in [-0.1, -0.05) is 30.3 Å². The molecule has 0 aliphatic carbocycles. The molecular formula is C17H24N2O3. The second-order valence-electron chi connectivity index (χ2n) is 5.83. The second-order valence-corrected chi connectivity index (χ2v) is 5.83. The predicted octanol–water partition coefficient (Wildman–Crippen LogP) is 1.53. The maximum atomic E-state index is 11.9. The molecule has 22 heavy (non-hydrogen) atoms. The maximum absolute atomic E-state index is 11.9. The minimum Gasteiger partial charge on any atom is -0.481 e. The van der Waals surface area contributed by atoms with E-state index in [1.165, 1.54) is 5.56 Å². The summed E-state index contributed by atoms with van der Waals surface area (Å²) >= 11 is 0. The van der Waals surface area contributed by atoms with Gasteiger partial charge in [0.1, 0.15) is 0 Å². The number of likely N-dealkylation sites (tertiary alicyclic amines) is 1. The number of carboxylic acids is 1. The van der Waals surface area contributed by atoms with Crippen LogP contribution in [0.1, 0.15) is 24.8 Å². The fraction of sp³-hybridized carbons (Fsp3) is 0.529. The summed E-state index contributed by atoms with van der Waals surface area (Å²) in [5, 5.41) is 11.9. The fourth-order valence-corrected chi connectivity index (χ4v) is 2.76. The van der Waals surface area contributed by atoms with E-state index in [9.17, 15) is 9.59 Å². The summed E-state index contributed by atoms with van der Waals surface area (Å²) in [5.74, 6) is -0.933. The van der Waals surface area contributed by atoms with Crippen LogP contribution >= 0.6 is 0 Å². The van der Waals surface area contributed by atoms with Crippen molar-refractivity contribution in [3.05, 3.63) is 35.9 Å². The lowest BCUT2D eigenvalue weighted by Crippen LogP contribution is -2.42. The lowest BCUT2D eigenvalue weighted by molar-refractivity contribution is -0.143.